The van der Waals surface area contributed by atoms with Gasteiger partial charge in [0.25, 0.3) is 0 Å². The maximum Gasteiger partial charge on any atom is 0.418 e. The Morgan fingerprint density at radius 1 is 1.27 bits per heavy atom. The van der Waals surface area contributed by atoms with Gasteiger partial charge in [-0.1, -0.05) is 6.92 Å². The summed E-state index contributed by atoms with van der Waals surface area (Å²) in [5.41, 5.74) is -2.18. The normalized spacial score (nSPS) is 25.6. The van der Waals surface area contributed by atoms with Crippen molar-refractivity contribution < 1.29 is 27.5 Å². The number of amides is 2. The highest BCUT2D eigenvalue weighted by Crippen LogP contribution is 2.49. The SMILES string of the molecule is C[C@H]1C[C@@H]2C[C@](CO)(C1)N2C(=O)Nc1cc(-c2ncc(F)cn2)c(C(F)(F)F)cn1. The van der Waals surface area contributed by atoms with Crippen LogP contribution in [0.25, 0.3) is 11.4 Å². The number of halogens is 4. The first-order chi connectivity index (χ1) is 14.1. The Balaban J connectivity index is 1.63. The lowest BCUT2D eigenvalue weighted by Crippen LogP contribution is -2.73. The molecular formula is C19H19F4N5O2. The molecule has 2 saturated heterocycles. The van der Waals surface area contributed by atoms with E-state index >= 15 is 0 Å². The molecule has 2 N–H and O–H groups in total. The second-order valence-corrected chi connectivity index (χ2v) is 7.92. The van der Waals surface area contributed by atoms with E-state index in [1.807, 2.05) is 0 Å². The van der Waals surface area contributed by atoms with E-state index in [2.05, 4.69) is 27.2 Å². The first-order valence-electron chi connectivity index (χ1n) is 9.39. The van der Waals surface area contributed by atoms with Crippen LogP contribution in [0.5, 0.6) is 0 Å². The average Bonchev–Trinajstić information content (AvgIpc) is 2.66. The van der Waals surface area contributed by atoms with Crippen molar-refractivity contribution in [3.05, 3.63) is 36.0 Å². The number of anilines is 1. The lowest BCUT2D eigenvalue weighted by atomic mass is 9.65. The van der Waals surface area contributed by atoms with Crippen LogP contribution >= 0.6 is 0 Å². The van der Waals surface area contributed by atoms with Crippen LogP contribution in [-0.4, -0.2) is 49.2 Å². The van der Waals surface area contributed by atoms with Gasteiger partial charge in [0, 0.05) is 17.8 Å². The number of alkyl halides is 3. The molecule has 11 heteroatoms. The van der Waals surface area contributed by atoms with Crippen molar-refractivity contribution in [1.29, 1.82) is 0 Å². The highest BCUT2D eigenvalue weighted by atomic mass is 19.4. The van der Waals surface area contributed by atoms with Gasteiger partial charge in [-0.15, -0.1) is 0 Å². The molecule has 1 saturated carbocycles. The number of urea groups is 1. The van der Waals surface area contributed by atoms with E-state index in [0.717, 1.165) is 24.9 Å². The fraction of sp³-hybridized carbons (Fsp3) is 0.474. The molecule has 5 rings (SSSR count). The Labute approximate surface area is 169 Å². The van der Waals surface area contributed by atoms with Crippen molar-refractivity contribution >= 4 is 11.8 Å². The van der Waals surface area contributed by atoms with E-state index < -0.39 is 34.7 Å². The number of nitrogens with one attached hydrogen (secondary N) is 1. The Morgan fingerprint density at radius 3 is 2.60 bits per heavy atom. The zero-order valence-corrected chi connectivity index (χ0v) is 15.9. The smallest absolute Gasteiger partial charge is 0.394 e. The number of hydrogen-bond donors (Lipinski definition) is 2. The van der Waals surface area contributed by atoms with Crippen LogP contribution in [0, 0.1) is 11.7 Å². The topological polar surface area (TPSA) is 91.2 Å². The average molecular weight is 425 g/mol. The molecule has 2 aromatic rings. The number of aliphatic hydroxyl groups excluding tert-OH is 1. The highest BCUT2D eigenvalue weighted by molar-refractivity contribution is 5.90. The standard InChI is InChI=1S/C19H19F4N5O2/c1-10-2-12-5-18(4-10,9-29)28(12)17(30)27-15-3-13(14(8-24-15)19(21,22)23)16-25-6-11(20)7-26-16/h3,6-8,10,12,29H,2,4-5,9H2,1H3,(H,24,27,30)/t10-,12+,18-/m0/s1. The summed E-state index contributed by atoms with van der Waals surface area (Å²) in [5.74, 6) is -0.890. The van der Waals surface area contributed by atoms with E-state index in [4.69, 9.17) is 0 Å². The first-order valence-corrected chi connectivity index (χ1v) is 9.39. The van der Waals surface area contributed by atoms with Crippen LogP contribution in [0.3, 0.4) is 0 Å². The van der Waals surface area contributed by atoms with E-state index in [-0.39, 0.29) is 24.3 Å². The Bertz CT molecular complexity index is 968. The summed E-state index contributed by atoms with van der Waals surface area (Å²) in [6.45, 7) is 1.87. The minimum Gasteiger partial charge on any atom is -0.394 e. The van der Waals surface area contributed by atoms with Gasteiger partial charge in [-0.25, -0.2) is 24.1 Å². The van der Waals surface area contributed by atoms with Gasteiger partial charge in [-0.05, 0) is 31.2 Å². The van der Waals surface area contributed by atoms with Gasteiger partial charge >= 0.3 is 12.2 Å². The van der Waals surface area contributed by atoms with Crippen LogP contribution in [0.4, 0.5) is 28.2 Å². The molecule has 2 bridgehead atoms. The molecule has 0 aromatic carbocycles. The lowest BCUT2D eigenvalue weighted by molar-refractivity contribution is -0.137. The number of carbonyl (C=O) groups is 1. The molecule has 4 heterocycles. The van der Waals surface area contributed by atoms with Crippen molar-refractivity contribution in [3.8, 4) is 11.4 Å². The van der Waals surface area contributed by atoms with Crippen molar-refractivity contribution in [1.82, 2.24) is 19.9 Å². The number of hydrogen-bond acceptors (Lipinski definition) is 5. The second-order valence-electron chi connectivity index (χ2n) is 7.92. The van der Waals surface area contributed by atoms with Gasteiger partial charge in [0.05, 0.1) is 30.1 Å². The molecule has 3 fully saturated rings. The molecular weight excluding hydrogens is 406 g/mol. The monoisotopic (exact) mass is 425 g/mol. The van der Waals surface area contributed by atoms with Crippen LogP contribution in [0.2, 0.25) is 0 Å². The molecule has 1 aliphatic carbocycles. The minimum absolute atomic E-state index is 0.0322. The minimum atomic E-state index is -4.74. The molecule has 3 atom stereocenters. The zero-order valence-electron chi connectivity index (χ0n) is 15.9. The molecule has 0 unspecified atom stereocenters. The molecule has 7 nitrogen and oxygen atoms in total. The van der Waals surface area contributed by atoms with Gasteiger partial charge < -0.3 is 10.0 Å². The third-order valence-corrected chi connectivity index (χ3v) is 5.71. The Kier molecular flexibility index (Phi) is 4.88. The largest absolute Gasteiger partial charge is 0.418 e. The van der Waals surface area contributed by atoms with E-state index in [1.165, 1.54) is 0 Å². The summed E-state index contributed by atoms with van der Waals surface area (Å²) in [7, 11) is 0. The number of aromatic nitrogens is 3. The van der Waals surface area contributed by atoms with Crippen molar-refractivity contribution in [2.75, 3.05) is 11.9 Å². The zero-order chi connectivity index (χ0) is 21.7. The summed E-state index contributed by atoms with van der Waals surface area (Å²) in [4.78, 5) is 25.3. The maximum absolute atomic E-state index is 13.4. The van der Waals surface area contributed by atoms with E-state index in [9.17, 15) is 27.5 Å². The van der Waals surface area contributed by atoms with Crippen LogP contribution < -0.4 is 5.32 Å². The first kappa shape index (κ1) is 20.5. The number of nitrogens with zero attached hydrogens (tertiary/aromatic N) is 4. The Morgan fingerprint density at radius 2 is 1.97 bits per heavy atom. The van der Waals surface area contributed by atoms with Crippen LogP contribution in [0.1, 0.15) is 31.7 Å². The molecule has 0 radical (unpaired) electrons. The maximum atomic E-state index is 13.4. The third kappa shape index (κ3) is 3.47. The highest BCUT2D eigenvalue weighted by Gasteiger charge is 2.57. The van der Waals surface area contributed by atoms with E-state index in [1.54, 1.807) is 4.90 Å². The summed E-state index contributed by atoms with van der Waals surface area (Å²) < 4.78 is 53.3. The number of pyridine rings is 1. The van der Waals surface area contributed by atoms with Gasteiger partial charge in [0.1, 0.15) is 5.82 Å². The number of carbonyl (C=O) groups excluding carboxylic acids is 1. The quantitative estimate of drug-likeness (QED) is 0.735. The number of piperidine rings is 1. The number of fused-ring (bicyclic) bond motifs is 2. The van der Waals surface area contributed by atoms with E-state index in [0.29, 0.717) is 25.0 Å². The third-order valence-electron chi connectivity index (χ3n) is 5.71. The summed E-state index contributed by atoms with van der Waals surface area (Å²) in [5, 5.41) is 12.3. The predicted molar refractivity (Wildman–Crippen MR) is 97.7 cm³/mol. The molecule has 2 amide bonds. The van der Waals surface area contributed by atoms with Crippen molar-refractivity contribution in [2.45, 2.75) is 43.9 Å². The van der Waals surface area contributed by atoms with Gasteiger partial charge in [0.2, 0.25) is 0 Å². The van der Waals surface area contributed by atoms with Gasteiger partial charge in [0.15, 0.2) is 11.6 Å². The van der Waals surface area contributed by atoms with Crippen molar-refractivity contribution in [3.63, 3.8) is 0 Å². The predicted octanol–water partition coefficient (Wildman–Crippen LogP) is 3.46. The molecule has 3 aliphatic rings. The molecule has 0 spiro atoms. The second kappa shape index (κ2) is 7.15. The molecule has 30 heavy (non-hydrogen) atoms. The fourth-order valence-electron chi connectivity index (χ4n) is 4.61. The number of rotatable bonds is 3. The number of aliphatic hydroxyl groups is 1. The summed E-state index contributed by atoms with van der Waals surface area (Å²) >= 11 is 0. The van der Waals surface area contributed by atoms with Gasteiger partial charge in [-0.3, -0.25) is 5.32 Å². The lowest BCUT2D eigenvalue weighted by Gasteiger charge is -2.62. The summed E-state index contributed by atoms with van der Waals surface area (Å²) in [6, 6.07) is 0.443. The van der Waals surface area contributed by atoms with Crippen LogP contribution in [-0.2, 0) is 6.18 Å². The van der Waals surface area contributed by atoms with Gasteiger partial charge in [-0.2, -0.15) is 13.2 Å². The summed E-state index contributed by atoms with van der Waals surface area (Å²) in [6.07, 6.45) is -0.501. The van der Waals surface area contributed by atoms with Crippen LogP contribution in [0.15, 0.2) is 24.7 Å². The molecule has 160 valence electrons. The Hall–Kier alpha value is -2.82. The molecule has 2 aromatic heterocycles. The fourth-order valence-corrected chi connectivity index (χ4v) is 4.61. The van der Waals surface area contributed by atoms with Crippen molar-refractivity contribution in [2.24, 2.45) is 5.92 Å². The molecule has 2 aliphatic heterocycles.